The molecule has 8 heteroatoms. The van der Waals surface area contributed by atoms with Gasteiger partial charge in [-0.05, 0) is 50.9 Å². The van der Waals surface area contributed by atoms with Crippen molar-refractivity contribution >= 4 is 51.2 Å². The first-order chi connectivity index (χ1) is 11.3. The monoisotopic (exact) mass is 385 g/mol. The standard InChI is InChI=1S/C16H20ClN3O2S2/c1-16(2,3)22-15(21)19-6-8-20(9-7-19)24-14-18-12-10-11(17)4-5-13(12)23-14/h4-5,10H,6-9H2,1-3H3. The molecule has 0 bridgehead atoms. The molecule has 1 saturated heterocycles. The molecule has 24 heavy (non-hydrogen) atoms. The highest BCUT2D eigenvalue weighted by Gasteiger charge is 2.26. The number of benzene rings is 1. The number of fused-ring (bicyclic) bond motifs is 1. The minimum absolute atomic E-state index is 0.234. The van der Waals surface area contributed by atoms with Crippen LogP contribution in [0, 0.1) is 0 Å². The molecule has 5 nitrogen and oxygen atoms in total. The van der Waals surface area contributed by atoms with E-state index in [4.69, 9.17) is 16.3 Å². The molecule has 0 unspecified atom stereocenters. The minimum Gasteiger partial charge on any atom is -0.444 e. The first-order valence-electron chi connectivity index (χ1n) is 7.77. The van der Waals surface area contributed by atoms with Crippen LogP contribution in [0.25, 0.3) is 10.2 Å². The molecule has 0 aliphatic carbocycles. The summed E-state index contributed by atoms with van der Waals surface area (Å²) in [6, 6.07) is 5.77. The van der Waals surface area contributed by atoms with Crippen molar-refractivity contribution in [2.45, 2.75) is 30.7 Å². The van der Waals surface area contributed by atoms with Crippen LogP contribution in [0.15, 0.2) is 22.5 Å². The summed E-state index contributed by atoms with van der Waals surface area (Å²) in [6.07, 6.45) is -0.234. The Balaban J connectivity index is 1.55. The average Bonchev–Trinajstić information content (AvgIpc) is 2.87. The third-order valence-electron chi connectivity index (χ3n) is 3.43. The van der Waals surface area contributed by atoms with Gasteiger partial charge in [0.1, 0.15) is 5.60 Å². The van der Waals surface area contributed by atoms with E-state index in [-0.39, 0.29) is 6.09 Å². The minimum atomic E-state index is -0.453. The molecular formula is C16H20ClN3O2S2. The van der Waals surface area contributed by atoms with E-state index in [1.54, 1.807) is 28.2 Å². The van der Waals surface area contributed by atoms with Gasteiger partial charge >= 0.3 is 6.09 Å². The Morgan fingerprint density at radius 3 is 2.67 bits per heavy atom. The molecule has 1 amide bonds. The maximum atomic E-state index is 12.1. The molecule has 0 N–H and O–H groups in total. The van der Waals surface area contributed by atoms with E-state index in [0.717, 1.165) is 27.6 Å². The van der Waals surface area contributed by atoms with Crippen molar-refractivity contribution in [1.82, 2.24) is 14.2 Å². The maximum Gasteiger partial charge on any atom is 0.410 e. The average molecular weight is 386 g/mol. The van der Waals surface area contributed by atoms with E-state index in [0.29, 0.717) is 18.1 Å². The Bertz CT molecular complexity index is 736. The normalized spacial score (nSPS) is 16.6. The van der Waals surface area contributed by atoms with Gasteiger partial charge in [-0.2, -0.15) is 0 Å². The lowest BCUT2D eigenvalue weighted by atomic mass is 10.2. The van der Waals surface area contributed by atoms with E-state index >= 15 is 0 Å². The molecule has 3 rings (SSSR count). The second kappa shape index (κ2) is 7.07. The third-order valence-corrected chi connectivity index (χ3v) is 5.84. The van der Waals surface area contributed by atoms with Crippen molar-refractivity contribution in [2.75, 3.05) is 26.2 Å². The van der Waals surface area contributed by atoms with Gasteiger partial charge in [-0.15, -0.1) is 11.3 Å². The summed E-state index contributed by atoms with van der Waals surface area (Å²) < 4.78 is 9.79. The molecule has 2 aromatic rings. The summed E-state index contributed by atoms with van der Waals surface area (Å²) >= 11 is 9.31. The Hall–Kier alpha value is -1.02. The number of carbonyl (C=O) groups excluding carboxylic acids is 1. The van der Waals surface area contributed by atoms with Gasteiger partial charge in [-0.3, -0.25) is 0 Å². The summed E-state index contributed by atoms with van der Waals surface area (Å²) in [6.45, 7) is 8.57. The van der Waals surface area contributed by atoms with Crippen LogP contribution < -0.4 is 0 Å². The predicted octanol–water partition coefficient (Wildman–Crippen LogP) is 4.51. The van der Waals surface area contributed by atoms with E-state index < -0.39 is 5.60 Å². The summed E-state index contributed by atoms with van der Waals surface area (Å²) in [5, 5.41) is 0.704. The number of hydrogen-bond donors (Lipinski definition) is 0. The second-order valence-electron chi connectivity index (χ2n) is 6.58. The van der Waals surface area contributed by atoms with E-state index in [1.165, 1.54) is 0 Å². The van der Waals surface area contributed by atoms with Crippen molar-refractivity contribution in [2.24, 2.45) is 0 Å². The maximum absolute atomic E-state index is 12.1. The van der Waals surface area contributed by atoms with E-state index in [1.807, 2.05) is 39.0 Å². The second-order valence-corrected chi connectivity index (χ2v) is 9.39. The number of nitrogens with zero attached hydrogens (tertiary/aromatic N) is 3. The van der Waals surface area contributed by atoms with Crippen molar-refractivity contribution in [3.8, 4) is 0 Å². The van der Waals surface area contributed by atoms with Gasteiger partial charge in [-0.25, -0.2) is 14.1 Å². The number of hydrogen-bond acceptors (Lipinski definition) is 6. The molecule has 0 spiro atoms. The molecule has 130 valence electrons. The van der Waals surface area contributed by atoms with Gasteiger partial charge in [0.05, 0.1) is 10.2 Å². The number of carbonyl (C=O) groups is 1. The summed E-state index contributed by atoms with van der Waals surface area (Å²) in [7, 11) is 0. The fourth-order valence-electron chi connectivity index (χ4n) is 2.32. The molecular weight excluding hydrogens is 366 g/mol. The molecule has 1 aliphatic heterocycles. The number of halogens is 1. The largest absolute Gasteiger partial charge is 0.444 e. The van der Waals surface area contributed by atoms with Crippen molar-refractivity contribution < 1.29 is 9.53 Å². The highest BCUT2D eigenvalue weighted by Crippen LogP contribution is 2.33. The lowest BCUT2D eigenvalue weighted by Gasteiger charge is -2.34. The van der Waals surface area contributed by atoms with Crippen LogP contribution >= 0.6 is 34.9 Å². The van der Waals surface area contributed by atoms with Crippen LogP contribution in [0.1, 0.15) is 20.8 Å². The van der Waals surface area contributed by atoms with Crippen LogP contribution in [0.5, 0.6) is 0 Å². The topological polar surface area (TPSA) is 45.7 Å². The fourth-order valence-corrected chi connectivity index (χ4v) is 4.60. The highest BCUT2D eigenvalue weighted by atomic mass is 35.5. The van der Waals surface area contributed by atoms with E-state index in [9.17, 15) is 4.79 Å². The zero-order chi connectivity index (χ0) is 17.3. The van der Waals surface area contributed by atoms with Crippen molar-refractivity contribution in [3.63, 3.8) is 0 Å². The van der Waals surface area contributed by atoms with Gasteiger partial charge in [0.2, 0.25) is 0 Å². The van der Waals surface area contributed by atoms with Crippen molar-refractivity contribution in [3.05, 3.63) is 23.2 Å². The first kappa shape index (κ1) is 17.8. The lowest BCUT2D eigenvalue weighted by molar-refractivity contribution is 0.0197. The van der Waals surface area contributed by atoms with Crippen LogP contribution in [0.3, 0.4) is 0 Å². The van der Waals surface area contributed by atoms with Gasteiger partial charge < -0.3 is 9.64 Å². The molecule has 0 saturated carbocycles. The number of rotatable bonds is 2. The Kier molecular flexibility index (Phi) is 5.24. The summed E-state index contributed by atoms with van der Waals surface area (Å²) in [4.78, 5) is 18.5. The van der Waals surface area contributed by atoms with Gasteiger partial charge in [-0.1, -0.05) is 11.6 Å². The van der Waals surface area contributed by atoms with Crippen molar-refractivity contribution in [1.29, 1.82) is 0 Å². The number of piperazine rings is 1. The van der Waals surface area contributed by atoms with Crippen LogP contribution in [-0.4, -0.2) is 52.1 Å². The fraction of sp³-hybridized carbons (Fsp3) is 0.500. The molecule has 1 aromatic heterocycles. The number of thiazole rings is 1. The Morgan fingerprint density at radius 1 is 1.29 bits per heavy atom. The number of aromatic nitrogens is 1. The molecule has 1 fully saturated rings. The van der Waals surface area contributed by atoms with Crippen LogP contribution in [-0.2, 0) is 4.74 Å². The lowest BCUT2D eigenvalue weighted by Crippen LogP contribution is -2.47. The molecule has 2 heterocycles. The number of ether oxygens (including phenoxy) is 1. The molecule has 0 atom stereocenters. The van der Waals surface area contributed by atoms with Gasteiger partial charge in [0, 0.05) is 31.2 Å². The van der Waals surface area contributed by atoms with Crippen LogP contribution in [0.4, 0.5) is 4.79 Å². The van der Waals surface area contributed by atoms with Gasteiger partial charge in [0.15, 0.2) is 4.34 Å². The van der Waals surface area contributed by atoms with Crippen LogP contribution in [0.2, 0.25) is 5.02 Å². The predicted molar refractivity (Wildman–Crippen MR) is 99.9 cm³/mol. The Morgan fingerprint density at radius 2 is 2.00 bits per heavy atom. The molecule has 1 aromatic carbocycles. The smallest absolute Gasteiger partial charge is 0.410 e. The van der Waals surface area contributed by atoms with E-state index in [2.05, 4.69) is 9.29 Å². The number of amides is 1. The first-order valence-corrected chi connectivity index (χ1v) is 9.74. The zero-order valence-electron chi connectivity index (χ0n) is 13.9. The Labute approximate surface area is 155 Å². The summed E-state index contributed by atoms with van der Waals surface area (Å²) in [5.41, 5.74) is 0.480. The zero-order valence-corrected chi connectivity index (χ0v) is 16.3. The SMILES string of the molecule is CC(C)(C)OC(=O)N1CCN(Sc2nc3cc(Cl)ccc3s2)CC1. The third kappa shape index (κ3) is 4.53. The quantitative estimate of drug-likeness (QED) is 0.711. The molecule has 1 aliphatic rings. The summed E-state index contributed by atoms with van der Waals surface area (Å²) in [5.74, 6) is 0. The van der Waals surface area contributed by atoms with Gasteiger partial charge in [0.25, 0.3) is 0 Å². The highest BCUT2D eigenvalue weighted by molar-refractivity contribution is 7.98. The molecule has 0 radical (unpaired) electrons.